The number of unbranched alkanes of at least 4 members (excludes halogenated alkanes) is 4. The first kappa shape index (κ1) is 12.7. The van der Waals surface area contributed by atoms with Crippen molar-refractivity contribution < 1.29 is 0 Å². The van der Waals surface area contributed by atoms with Crippen molar-refractivity contribution in [2.24, 2.45) is 0 Å². The second-order valence-electron chi connectivity index (χ2n) is 3.17. The van der Waals surface area contributed by atoms with Gasteiger partial charge in [0.15, 0.2) is 0 Å². The highest BCUT2D eigenvalue weighted by Crippen LogP contribution is 2.04. The van der Waals surface area contributed by atoms with E-state index in [9.17, 15) is 0 Å². The molecule has 0 aromatic carbocycles. The van der Waals surface area contributed by atoms with Gasteiger partial charge in [-0.15, -0.1) is 6.58 Å². The Bertz CT molecular complexity index is 218. The van der Waals surface area contributed by atoms with Gasteiger partial charge in [-0.3, -0.25) is 0 Å². The Morgan fingerprint density at radius 2 is 1.71 bits per heavy atom. The van der Waals surface area contributed by atoms with Crippen molar-refractivity contribution in [3.63, 3.8) is 0 Å². The molecule has 0 unspecified atom stereocenters. The molecule has 0 amide bonds. The van der Waals surface area contributed by atoms with Crippen molar-refractivity contribution in [3.8, 4) is 6.07 Å². The summed E-state index contributed by atoms with van der Waals surface area (Å²) in [5.41, 5.74) is 0. The SMILES string of the molecule is C=CC/C=C/CCCCC/C=C/C#N. The minimum atomic E-state index is 0.977. The summed E-state index contributed by atoms with van der Waals surface area (Å²) in [6.45, 7) is 3.65. The average Bonchev–Trinajstić information content (AvgIpc) is 2.21. The van der Waals surface area contributed by atoms with Crippen LogP contribution in [0.1, 0.15) is 38.5 Å². The van der Waals surface area contributed by atoms with Gasteiger partial charge in [0, 0.05) is 6.08 Å². The van der Waals surface area contributed by atoms with Crippen LogP contribution in [0.3, 0.4) is 0 Å². The molecule has 0 saturated heterocycles. The third-order valence-corrected chi connectivity index (χ3v) is 1.90. The highest BCUT2D eigenvalue weighted by atomic mass is 14.2. The second-order valence-corrected chi connectivity index (χ2v) is 3.17. The molecule has 0 rings (SSSR count). The summed E-state index contributed by atoms with van der Waals surface area (Å²) in [5, 5.41) is 8.24. The Labute approximate surface area is 87.4 Å². The number of nitrogens with zero attached hydrogens (tertiary/aromatic N) is 1. The Hall–Kier alpha value is -1.29. The molecule has 76 valence electrons. The van der Waals surface area contributed by atoms with E-state index in [2.05, 4.69) is 18.7 Å². The van der Waals surface area contributed by atoms with Crippen LogP contribution >= 0.6 is 0 Å². The van der Waals surface area contributed by atoms with Gasteiger partial charge in [-0.1, -0.05) is 30.7 Å². The van der Waals surface area contributed by atoms with Gasteiger partial charge in [-0.25, -0.2) is 0 Å². The predicted octanol–water partition coefficient (Wildman–Crippen LogP) is 4.15. The molecule has 1 nitrogen and oxygen atoms in total. The summed E-state index contributed by atoms with van der Waals surface area (Å²) in [5.74, 6) is 0. The van der Waals surface area contributed by atoms with Crippen molar-refractivity contribution in [3.05, 3.63) is 37.0 Å². The normalized spacial score (nSPS) is 10.8. The molecule has 0 heterocycles. The lowest BCUT2D eigenvalue weighted by molar-refractivity contribution is 0.695. The second kappa shape index (κ2) is 11.7. The Balaban J connectivity index is 3.10. The third kappa shape index (κ3) is 10.7. The van der Waals surface area contributed by atoms with Crippen LogP contribution in [0, 0.1) is 11.3 Å². The van der Waals surface area contributed by atoms with E-state index < -0.39 is 0 Å². The molecule has 0 aliphatic rings. The quantitative estimate of drug-likeness (QED) is 0.319. The average molecular weight is 189 g/mol. The zero-order valence-electron chi connectivity index (χ0n) is 8.78. The molecule has 14 heavy (non-hydrogen) atoms. The first-order valence-electron chi connectivity index (χ1n) is 5.22. The maximum atomic E-state index is 8.24. The van der Waals surface area contributed by atoms with Crippen LogP contribution in [0.15, 0.2) is 37.0 Å². The molecule has 0 aliphatic carbocycles. The largest absolute Gasteiger partial charge is 0.193 e. The molecule has 0 aromatic heterocycles. The van der Waals surface area contributed by atoms with Crippen molar-refractivity contribution in [1.82, 2.24) is 0 Å². The molecular weight excluding hydrogens is 170 g/mol. The van der Waals surface area contributed by atoms with Crippen LogP contribution in [-0.4, -0.2) is 0 Å². The first-order valence-corrected chi connectivity index (χ1v) is 5.22. The van der Waals surface area contributed by atoms with Gasteiger partial charge in [0.25, 0.3) is 0 Å². The molecule has 0 radical (unpaired) electrons. The lowest BCUT2D eigenvalue weighted by Gasteiger charge is -1.94. The van der Waals surface area contributed by atoms with Crippen LogP contribution in [0.5, 0.6) is 0 Å². The fourth-order valence-corrected chi connectivity index (χ4v) is 1.15. The van der Waals surface area contributed by atoms with E-state index in [1.807, 2.05) is 18.2 Å². The molecule has 0 saturated carbocycles. The fraction of sp³-hybridized carbons (Fsp3) is 0.462. The Morgan fingerprint density at radius 1 is 1.00 bits per heavy atom. The van der Waals surface area contributed by atoms with Gasteiger partial charge in [-0.05, 0) is 32.1 Å². The Kier molecular flexibility index (Phi) is 10.6. The number of hydrogen-bond acceptors (Lipinski definition) is 1. The van der Waals surface area contributed by atoms with E-state index in [-0.39, 0.29) is 0 Å². The standard InChI is InChI=1S/C13H19N/c1-2-3-4-5-6-7-8-9-10-11-12-13-14/h2,4-5,11-12H,1,3,6-10H2/b5-4+,12-11+. The number of nitriles is 1. The fourth-order valence-electron chi connectivity index (χ4n) is 1.15. The summed E-state index contributed by atoms with van der Waals surface area (Å²) in [6, 6.07) is 1.99. The van der Waals surface area contributed by atoms with E-state index in [1.165, 1.54) is 19.3 Å². The van der Waals surface area contributed by atoms with Gasteiger partial charge in [0.05, 0.1) is 6.07 Å². The van der Waals surface area contributed by atoms with Gasteiger partial charge < -0.3 is 0 Å². The maximum Gasteiger partial charge on any atom is 0.0908 e. The van der Waals surface area contributed by atoms with Crippen molar-refractivity contribution >= 4 is 0 Å². The number of allylic oxidation sites excluding steroid dienone is 5. The molecule has 1 heteroatoms. The molecule has 0 aliphatic heterocycles. The van der Waals surface area contributed by atoms with Crippen LogP contribution in [0.4, 0.5) is 0 Å². The Morgan fingerprint density at radius 3 is 2.36 bits per heavy atom. The minimum absolute atomic E-state index is 0.977. The van der Waals surface area contributed by atoms with Crippen molar-refractivity contribution in [2.45, 2.75) is 38.5 Å². The van der Waals surface area contributed by atoms with Gasteiger partial charge in [-0.2, -0.15) is 5.26 Å². The van der Waals surface area contributed by atoms with Crippen LogP contribution in [0.25, 0.3) is 0 Å². The smallest absolute Gasteiger partial charge is 0.0908 e. The van der Waals surface area contributed by atoms with Crippen molar-refractivity contribution in [1.29, 1.82) is 5.26 Å². The first-order chi connectivity index (χ1) is 6.91. The molecule has 0 N–H and O–H groups in total. The molecule has 0 fully saturated rings. The minimum Gasteiger partial charge on any atom is -0.193 e. The van der Waals surface area contributed by atoms with Gasteiger partial charge in [0.2, 0.25) is 0 Å². The predicted molar refractivity (Wildman–Crippen MR) is 61.8 cm³/mol. The molecule has 0 bridgehead atoms. The van der Waals surface area contributed by atoms with E-state index in [4.69, 9.17) is 5.26 Å². The van der Waals surface area contributed by atoms with E-state index in [1.54, 1.807) is 6.08 Å². The summed E-state index contributed by atoms with van der Waals surface area (Å²) < 4.78 is 0. The maximum absolute atomic E-state index is 8.24. The monoisotopic (exact) mass is 189 g/mol. The summed E-state index contributed by atoms with van der Waals surface area (Å²) >= 11 is 0. The molecular formula is C13H19N. The van der Waals surface area contributed by atoms with E-state index in [0.29, 0.717) is 0 Å². The highest BCUT2D eigenvalue weighted by molar-refractivity contribution is 5.01. The van der Waals surface area contributed by atoms with Gasteiger partial charge >= 0.3 is 0 Å². The van der Waals surface area contributed by atoms with Crippen LogP contribution in [0.2, 0.25) is 0 Å². The lowest BCUT2D eigenvalue weighted by Crippen LogP contribution is -1.74. The highest BCUT2D eigenvalue weighted by Gasteiger charge is 1.85. The lowest BCUT2D eigenvalue weighted by atomic mass is 10.1. The third-order valence-electron chi connectivity index (χ3n) is 1.90. The van der Waals surface area contributed by atoms with Crippen LogP contribution < -0.4 is 0 Å². The summed E-state index contributed by atoms with van der Waals surface area (Å²) in [4.78, 5) is 0. The molecule has 0 atom stereocenters. The van der Waals surface area contributed by atoms with E-state index in [0.717, 1.165) is 19.3 Å². The summed E-state index contributed by atoms with van der Waals surface area (Å²) in [7, 11) is 0. The van der Waals surface area contributed by atoms with Crippen molar-refractivity contribution in [2.75, 3.05) is 0 Å². The number of hydrogen-bond donors (Lipinski definition) is 0. The van der Waals surface area contributed by atoms with Gasteiger partial charge in [0.1, 0.15) is 0 Å². The summed E-state index contributed by atoms with van der Waals surface area (Å²) in [6.07, 6.45) is 16.6. The topological polar surface area (TPSA) is 23.8 Å². The van der Waals surface area contributed by atoms with E-state index >= 15 is 0 Å². The molecule has 0 aromatic rings. The van der Waals surface area contributed by atoms with Crippen LogP contribution in [-0.2, 0) is 0 Å². The zero-order chi connectivity index (χ0) is 10.5. The number of rotatable bonds is 8. The zero-order valence-corrected chi connectivity index (χ0v) is 8.78. The molecule has 0 spiro atoms.